The smallest absolute Gasteiger partial charge is 0.178 e. The summed E-state index contributed by atoms with van der Waals surface area (Å²) in [7, 11) is 0. The molecule has 32 heavy (non-hydrogen) atoms. The van der Waals surface area contributed by atoms with Gasteiger partial charge in [0.25, 0.3) is 0 Å². The Hall–Kier alpha value is -2.10. The minimum atomic E-state index is -0.224. The maximum atomic E-state index is 6.45. The maximum absolute atomic E-state index is 6.45. The van der Waals surface area contributed by atoms with E-state index in [9.17, 15) is 0 Å². The monoisotopic (exact) mass is 431 g/mol. The molecule has 0 bridgehead atoms. The van der Waals surface area contributed by atoms with Crippen LogP contribution < -0.4 is 4.90 Å². The molecule has 3 nitrogen and oxygen atoms in total. The number of benzene rings is 2. The summed E-state index contributed by atoms with van der Waals surface area (Å²) in [4.78, 5) is 2.61. The highest BCUT2D eigenvalue weighted by atomic mass is 16.7. The number of aryl methyl sites for hydroxylation is 2. The third-order valence-electron chi connectivity index (χ3n) is 7.23. The van der Waals surface area contributed by atoms with Gasteiger partial charge in [-0.15, -0.1) is 0 Å². The van der Waals surface area contributed by atoms with E-state index in [4.69, 9.17) is 9.47 Å². The van der Waals surface area contributed by atoms with Crippen LogP contribution in [0.4, 0.5) is 5.69 Å². The molecule has 1 saturated heterocycles. The topological polar surface area (TPSA) is 21.7 Å². The van der Waals surface area contributed by atoms with Gasteiger partial charge >= 0.3 is 0 Å². The molecule has 0 aliphatic carbocycles. The Morgan fingerprint density at radius 3 is 2.50 bits per heavy atom. The van der Waals surface area contributed by atoms with Crippen molar-refractivity contribution in [3.8, 4) is 0 Å². The van der Waals surface area contributed by atoms with Gasteiger partial charge in [0.05, 0.1) is 24.3 Å². The molecule has 5 rings (SSSR count). The first kappa shape index (κ1) is 21.7. The van der Waals surface area contributed by atoms with Gasteiger partial charge in [0, 0.05) is 5.69 Å². The first-order valence-electron chi connectivity index (χ1n) is 12.3. The molecule has 0 aromatic heterocycles. The second-order valence-electron chi connectivity index (χ2n) is 10.6. The van der Waals surface area contributed by atoms with Crippen molar-refractivity contribution in [3.05, 3.63) is 69.8 Å². The number of anilines is 1. The van der Waals surface area contributed by atoms with Crippen LogP contribution in [-0.4, -0.2) is 24.5 Å². The van der Waals surface area contributed by atoms with Crippen LogP contribution in [0, 0.1) is 19.8 Å². The molecule has 2 aromatic carbocycles. The Bertz CT molecular complexity index is 1030. The molecule has 0 radical (unpaired) electrons. The minimum Gasteiger partial charge on any atom is -0.352 e. The van der Waals surface area contributed by atoms with Crippen LogP contribution in [0.25, 0.3) is 6.08 Å². The molecule has 0 spiro atoms. The van der Waals surface area contributed by atoms with Crippen LogP contribution in [0.15, 0.2) is 36.4 Å². The third-order valence-corrected chi connectivity index (χ3v) is 7.23. The summed E-state index contributed by atoms with van der Waals surface area (Å²) in [5, 5.41) is 0. The zero-order valence-electron chi connectivity index (χ0n) is 20.4. The number of hydrogen-bond donors (Lipinski definition) is 0. The Kier molecular flexibility index (Phi) is 5.67. The van der Waals surface area contributed by atoms with Crippen LogP contribution in [0.2, 0.25) is 0 Å². The highest BCUT2D eigenvalue weighted by Gasteiger charge is 2.43. The summed E-state index contributed by atoms with van der Waals surface area (Å²) < 4.78 is 12.9. The zero-order chi connectivity index (χ0) is 22.6. The highest BCUT2D eigenvalue weighted by molar-refractivity contribution is 5.75. The van der Waals surface area contributed by atoms with E-state index >= 15 is 0 Å². The molecule has 0 N–H and O–H groups in total. The van der Waals surface area contributed by atoms with Gasteiger partial charge in [0.2, 0.25) is 0 Å². The molecule has 0 amide bonds. The molecule has 3 unspecified atom stereocenters. The second kappa shape index (κ2) is 8.35. The van der Waals surface area contributed by atoms with Crippen molar-refractivity contribution in [1.29, 1.82) is 0 Å². The van der Waals surface area contributed by atoms with Gasteiger partial charge < -0.3 is 14.4 Å². The average Bonchev–Trinajstić information content (AvgIpc) is 2.71. The highest BCUT2D eigenvalue weighted by Crippen LogP contribution is 2.46. The van der Waals surface area contributed by atoms with Crippen molar-refractivity contribution in [3.63, 3.8) is 0 Å². The summed E-state index contributed by atoms with van der Waals surface area (Å²) in [6.07, 6.45) is 7.90. The molecule has 4 atom stereocenters. The second-order valence-corrected chi connectivity index (χ2v) is 10.6. The standard InChI is InChI=1S/C29H37NO2/c1-17(2)11-22-7-8-23-9-10-26-25-13-18(3)12-19(4)24(25)16-28(30(26)27(23)15-22)29-31-20(5)14-21(6)32-29/h7-10,12-13,15,17,20-21,26,28-29H,11,14,16H2,1-6H3/t20?,21?,26?,28-,29?/m1/s1. The predicted molar refractivity (Wildman–Crippen MR) is 132 cm³/mol. The van der Waals surface area contributed by atoms with Crippen LogP contribution in [-0.2, 0) is 22.3 Å². The summed E-state index contributed by atoms with van der Waals surface area (Å²) in [5.41, 5.74) is 9.64. The normalized spacial score (nSPS) is 29.0. The van der Waals surface area contributed by atoms with Crippen molar-refractivity contribution >= 4 is 11.8 Å². The summed E-state index contributed by atoms with van der Waals surface area (Å²) in [6.45, 7) is 13.4. The van der Waals surface area contributed by atoms with Crippen LogP contribution in [0.5, 0.6) is 0 Å². The van der Waals surface area contributed by atoms with E-state index in [0.29, 0.717) is 5.92 Å². The van der Waals surface area contributed by atoms with Gasteiger partial charge in [0.1, 0.15) is 0 Å². The summed E-state index contributed by atoms with van der Waals surface area (Å²) in [6, 6.07) is 12.1. The van der Waals surface area contributed by atoms with Gasteiger partial charge in [-0.1, -0.05) is 55.8 Å². The number of ether oxygens (including phenoxy) is 2. The van der Waals surface area contributed by atoms with Crippen molar-refractivity contribution in [2.75, 3.05) is 4.90 Å². The maximum Gasteiger partial charge on any atom is 0.178 e. The Morgan fingerprint density at radius 2 is 1.78 bits per heavy atom. The lowest BCUT2D eigenvalue weighted by Crippen LogP contribution is -2.55. The van der Waals surface area contributed by atoms with Crippen molar-refractivity contribution < 1.29 is 9.47 Å². The first-order valence-corrected chi connectivity index (χ1v) is 12.3. The van der Waals surface area contributed by atoms with Gasteiger partial charge in [0.15, 0.2) is 6.29 Å². The molecule has 3 heteroatoms. The van der Waals surface area contributed by atoms with Crippen LogP contribution in [0.3, 0.4) is 0 Å². The molecular formula is C29H37NO2. The van der Waals surface area contributed by atoms with Crippen molar-refractivity contribution in [2.24, 2.45) is 5.92 Å². The summed E-state index contributed by atoms with van der Waals surface area (Å²) in [5.74, 6) is 0.637. The first-order chi connectivity index (χ1) is 15.3. The fourth-order valence-electron chi connectivity index (χ4n) is 5.99. The summed E-state index contributed by atoms with van der Waals surface area (Å²) >= 11 is 0. The number of rotatable bonds is 3. The number of fused-ring (bicyclic) bond motifs is 5. The van der Waals surface area contributed by atoms with E-state index < -0.39 is 0 Å². The van der Waals surface area contributed by atoms with E-state index in [1.807, 2.05) is 0 Å². The van der Waals surface area contributed by atoms with Gasteiger partial charge in [-0.05, 0) is 86.8 Å². The molecule has 3 heterocycles. The van der Waals surface area contributed by atoms with Crippen molar-refractivity contribution in [1.82, 2.24) is 0 Å². The molecule has 0 saturated carbocycles. The van der Waals surface area contributed by atoms with Gasteiger partial charge in [-0.25, -0.2) is 0 Å². The minimum absolute atomic E-state index is 0.150. The quantitative estimate of drug-likeness (QED) is 0.551. The predicted octanol–water partition coefficient (Wildman–Crippen LogP) is 6.54. The van der Waals surface area contributed by atoms with Crippen LogP contribution >= 0.6 is 0 Å². The van der Waals surface area contributed by atoms with Gasteiger partial charge in [-0.3, -0.25) is 0 Å². The number of nitrogens with zero attached hydrogens (tertiary/aromatic N) is 1. The number of hydrogen-bond acceptors (Lipinski definition) is 3. The third kappa shape index (κ3) is 3.91. The Morgan fingerprint density at radius 1 is 1.03 bits per heavy atom. The lowest BCUT2D eigenvalue weighted by Gasteiger charge is -2.50. The van der Waals surface area contributed by atoms with E-state index in [-0.39, 0.29) is 30.6 Å². The van der Waals surface area contributed by atoms with E-state index in [1.54, 1.807) is 0 Å². The van der Waals surface area contributed by atoms with E-state index in [2.05, 4.69) is 88.9 Å². The molecule has 1 fully saturated rings. The molecule has 2 aromatic rings. The molecule has 3 aliphatic rings. The fraction of sp³-hybridized carbons (Fsp3) is 0.517. The fourth-order valence-corrected chi connectivity index (χ4v) is 5.99. The van der Waals surface area contributed by atoms with Crippen LogP contribution in [0.1, 0.15) is 73.5 Å². The molecule has 170 valence electrons. The molecule has 3 aliphatic heterocycles. The lowest BCUT2D eigenvalue weighted by molar-refractivity contribution is -0.243. The Balaban J connectivity index is 1.64. The largest absolute Gasteiger partial charge is 0.352 e. The lowest BCUT2D eigenvalue weighted by atomic mass is 9.81. The van der Waals surface area contributed by atoms with Gasteiger partial charge in [-0.2, -0.15) is 0 Å². The van der Waals surface area contributed by atoms with E-state index in [0.717, 1.165) is 19.3 Å². The molecular weight excluding hydrogens is 394 g/mol. The van der Waals surface area contributed by atoms with E-state index in [1.165, 1.54) is 39.1 Å². The van der Waals surface area contributed by atoms with Crippen molar-refractivity contribution in [2.45, 2.75) is 91.4 Å². The SMILES string of the molecule is Cc1cc(C)c2c(c1)C1C=Cc3ccc(CC(C)C)cc3N1[C@@H](C1OC(C)CC(C)O1)C2. The zero-order valence-corrected chi connectivity index (χ0v) is 20.4. The Labute approximate surface area is 193 Å². The average molecular weight is 432 g/mol.